The minimum absolute atomic E-state index is 0.672. The Bertz CT molecular complexity index is 416. The van der Waals surface area contributed by atoms with E-state index >= 15 is 0 Å². The van der Waals surface area contributed by atoms with E-state index in [4.69, 9.17) is 23.7 Å². The minimum Gasteiger partial charge on any atom is -0.417 e. The van der Waals surface area contributed by atoms with Gasteiger partial charge in [0.25, 0.3) is 0 Å². The Morgan fingerprint density at radius 1 is 0.778 bits per heavy atom. The minimum atomic E-state index is -1.58. The van der Waals surface area contributed by atoms with Crippen molar-refractivity contribution in [3.8, 4) is 11.5 Å². The maximum Gasteiger partial charge on any atom is 0.476 e. The lowest BCUT2D eigenvalue weighted by molar-refractivity contribution is 0.412. The van der Waals surface area contributed by atoms with Gasteiger partial charge in [0.15, 0.2) is 0 Å². The van der Waals surface area contributed by atoms with Crippen LogP contribution in [-0.2, 0) is 3.97 Å². The lowest BCUT2D eigenvalue weighted by Gasteiger charge is -2.15. The molecule has 0 radical (unpaired) electrons. The summed E-state index contributed by atoms with van der Waals surface area (Å²) in [6, 6.07) is 18.6. The van der Waals surface area contributed by atoms with Gasteiger partial charge in [-0.05, 0) is 34.9 Å². The Kier molecular flexibility index (Phi) is 5.62. The molecule has 0 bridgehead atoms. The largest absolute Gasteiger partial charge is 0.476 e. The normalized spacial score (nSPS) is 10.3. The zero-order valence-corrected chi connectivity index (χ0v) is 11.7. The van der Waals surface area contributed by atoms with Crippen LogP contribution in [-0.4, -0.2) is 0 Å². The van der Waals surface area contributed by atoms with Crippen LogP contribution in [0.25, 0.3) is 0 Å². The fourth-order valence-corrected chi connectivity index (χ4v) is 2.67. The monoisotopic (exact) mass is 300 g/mol. The molecule has 0 saturated heterocycles. The van der Waals surface area contributed by atoms with E-state index in [0.717, 1.165) is 0 Å². The summed E-state index contributed by atoms with van der Waals surface area (Å²) in [6.07, 6.45) is 0. The Labute approximate surface area is 116 Å². The van der Waals surface area contributed by atoms with Crippen molar-refractivity contribution < 1.29 is 13.0 Å². The Morgan fingerprint density at radius 2 is 1.22 bits per heavy atom. The van der Waals surface area contributed by atoms with Crippen LogP contribution >= 0.6 is 30.5 Å². The molecule has 0 aliphatic heterocycles. The number of benzene rings is 2. The third-order valence-electron chi connectivity index (χ3n) is 1.94. The number of hydrogen-bond donors (Lipinski definition) is 0. The molecule has 3 nitrogen and oxygen atoms in total. The van der Waals surface area contributed by atoms with Gasteiger partial charge in [0.2, 0.25) is 0 Å². The van der Waals surface area contributed by atoms with Crippen LogP contribution in [0.4, 0.5) is 0 Å². The lowest BCUT2D eigenvalue weighted by atomic mass is 10.3. The standard InChI is InChI=1S/C12H10ClO3PS/c13-18-16-17(14-11-7-3-1-4-8-11)15-12-9-5-2-6-10-12/h1-10H. The molecule has 0 amide bonds. The van der Waals surface area contributed by atoms with Crippen LogP contribution in [0, 0.1) is 0 Å². The molecule has 6 heteroatoms. The van der Waals surface area contributed by atoms with Crippen LogP contribution < -0.4 is 9.05 Å². The first kappa shape index (κ1) is 13.5. The maximum atomic E-state index is 5.57. The topological polar surface area (TPSA) is 27.7 Å². The van der Waals surface area contributed by atoms with Gasteiger partial charge >= 0.3 is 8.60 Å². The third kappa shape index (κ3) is 4.39. The van der Waals surface area contributed by atoms with E-state index in [1.807, 2.05) is 60.7 Å². The molecular weight excluding hydrogens is 291 g/mol. The first-order chi connectivity index (χ1) is 8.88. The van der Waals surface area contributed by atoms with Crippen molar-refractivity contribution in [2.45, 2.75) is 0 Å². The van der Waals surface area contributed by atoms with Gasteiger partial charge in [-0.15, -0.1) is 0 Å². The summed E-state index contributed by atoms with van der Waals surface area (Å²) in [5.41, 5.74) is 0. The SMILES string of the molecule is ClSOP(Oc1ccccc1)Oc1ccccc1. The van der Waals surface area contributed by atoms with Crippen molar-refractivity contribution in [3.63, 3.8) is 0 Å². The number of hydrogen-bond acceptors (Lipinski definition) is 4. The van der Waals surface area contributed by atoms with E-state index in [2.05, 4.69) is 0 Å². The predicted octanol–water partition coefficient (Wildman–Crippen LogP) is 5.19. The second-order valence-corrected chi connectivity index (χ2v) is 5.08. The Morgan fingerprint density at radius 3 is 1.61 bits per heavy atom. The molecule has 0 unspecified atom stereocenters. The van der Waals surface area contributed by atoms with Crippen molar-refractivity contribution in [2.24, 2.45) is 0 Å². The summed E-state index contributed by atoms with van der Waals surface area (Å²) in [5, 5.41) is 0. The highest BCUT2D eigenvalue weighted by Crippen LogP contribution is 2.45. The molecule has 0 atom stereocenters. The van der Waals surface area contributed by atoms with Crippen molar-refractivity contribution >= 4 is 30.5 Å². The van der Waals surface area contributed by atoms with Crippen LogP contribution in [0.15, 0.2) is 60.7 Å². The van der Waals surface area contributed by atoms with Gasteiger partial charge in [0.05, 0.1) is 0 Å². The van der Waals surface area contributed by atoms with Gasteiger partial charge in [0.1, 0.15) is 22.8 Å². The summed E-state index contributed by atoms with van der Waals surface area (Å²) >= 11 is 0.699. The van der Waals surface area contributed by atoms with Crippen LogP contribution in [0.5, 0.6) is 11.5 Å². The van der Waals surface area contributed by atoms with Gasteiger partial charge in [-0.2, -0.15) is 0 Å². The molecule has 0 saturated carbocycles. The van der Waals surface area contributed by atoms with Gasteiger partial charge in [-0.3, -0.25) is 0 Å². The molecule has 0 spiro atoms. The van der Waals surface area contributed by atoms with Crippen molar-refractivity contribution in [1.82, 2.24) is 0 Å². The zero-order valence-electron chi connectivity index (χ0n) is 9.23. The molecule has 0 heterocycles. The van der Waals surface area contributed by atoms with Crippen molar-refractivity contribution in [1.29, 1.82) is 0 Å². The first-order valence-electron chi connectivity index (χ1n) is 5.10. The molecule has 18 heavy (non-hydrogen) atoms. The fraction of sp³-hybridized carbons (Fsp3) is 0. The fourth-order valence-electron chi connectivity index (χ4n) is 1.21. The van der Waals surface area contributed by atoms with E-state index in [-0.39, 0.29) is 0 Å². The average Bonchev–Trinajstić information content (AvgIpc) is 2.41. The van der Waals surface area contributed by atoms with E-state index in [1.54, 1.807) is 0 Å². The molecular formula is C12H10ClO3PS. The molecule has 94 valence electrons. The summed E-state index contributed by atoms with van der Waals surface area (Å²) in [5.74, 6) is 1.34. The number of para-hydroxylation sites is 2. The van der Waals surface area contributed by atoms with Crippen molar-refractivity contribution in [3.05, 3.63) is 60.7 Å². The third-order valence-corrected chi connectivity index (χ3v) is 3.87. The summed E-state index contributed by atoms with van der Waals surface area (Å²) in [7, 11) is 3.90. The quantitative estimate of drug-likeness (QED) is 0.542. The smallest absolute Gasteiger partial charge is 0.417 e. The highest BCUT2D eigenvalue weighted by molar-refractivity contribution is 8.19. The molecule has 0 aliphatic rings. The van der Waals surface area contributed by atoms with E-state index < -0.39 is 8.60 Å². The average molecular weight is 301 g/mol. The molecule has 0 aromatic heterocycles. The summed E-state index contributed by atoms with van der Waals surface area (Å²) in [4.78, 5) is 0. The lowest BCUT2D eigenvalue weighted by Crippen LogP contribution is -1.95. The van der Waals surface area contributed by atoms with Gasteiger partial charge in [-0.1, -0.05) is 36.4 Å². The van der Waals surface area contributed by atoms with Gasteiger partial charge in [0, 0.05) is 0 Å². The van der Waals surface area contributed by atoms with Crippen LogP contribution in [0.2, 0.25) is 0 Å². The number of rotatable bonds is 6. The molecule has 2 aromatic rings. The predicted molar refractivity (Wildman–Crippen MR) is 75.6 cm³/mol. The zero-order chi connectivity index (χ0) is 12.6. The molecule has 2 aromatic carbocycles. The highest BCUT2D eigenvalue weighted by atomic mass is 35.7. The Hall–Kier alpha value is -0.930. The second kappa shape index (κ2) is 7.49. The van der Waals surface area contributed by atoms with E-state index in [0.29, 0.717) is 22.8 Å². The van der Waals surface area contributed by atoms with E-state index in [1.165, 1.54) is 0 Å². The molecule has 2 rings (SSSR count). The maximum absolute atomic E-state index is 5.57. The van der Waals surface area contributed by atoms with Crippen LogP contribution in [0.3, 0.4) is 0 Å². The Balaban J connectivity index is 2.00. The summed E-state index contributed by atoms with van der Waals surface area (Å²) < 4.78 is 16.3. The van der Waals surface area contributed by atoms with Crippen molar-refractivity contribution in [2.75, 3.05) is 0 Å². The first-order valence-corrected chi connectivity index (χ1v) is 7.76. The molecule has 0 aliphatic carbocycles. The van der Waals surface area contributed by atoms with E-state index in [9.17, 15) is 0 Å². The van der Waals surface area contributed by atoms with Crippen LogP contribution in [0.1, 0.15) is 0 Å². The highest BCUT2D eigenvalue weighted by Gasteiger charge is 2.17. The molecule has 0 fully saturated rings. The van der Waals surface area contributed by atoms with Gasteiger partial charge in [-0.25, -0.2) is 3.97 Å². The van der Waals surface area contributed by atoms with Gasteiger partial charge < -0.3 is 9.05 Å². The summed E-state index contributed by atoms with van der Waals surface area (Å²) in [6.45, 7) is 0. The molecule has 0 N–H and O–H groups in total. The number of halogens is 1. The second-order valence-electron chi connectivity index (χ2n) is 3.17.